The highest BCUT2D eigenvalue weighted by Gasteiger charge is 2.50. The molecule has 2 N–H and O–H groups in total. The number of nitrogens with one attached hydrogen (secondary N) is 2. The van der Waals surface area contributed by atoms with Crippen LogP contribution in [-0.2, 0) is 4.79 Å². The van der Waals surface area contributed by atoms with Crippen LogP contribution in [0.3, 0.4) is 0 Å². The van der Waals surface area contributed by atoms with Gasteiger partial charge in [0.25, 0.3) is 5.91 Å². The van der Waals surface area contributed by atoms with E-state index in [-0.39, 0.29) is 11.9 Å². The Balaban J connectivity index is 1.84. The van der Waals surface area contributed by atoms with Crippen molar-refractivity contribution in [1.29, 1.82) is 0 Å². The summed E-state index contributed by atoms with van der Waals surface area (Å²) in [6.07, 6.45) is 7.07. The van der Waals surface area contributed by atoms with E-state index in [0.29, 0.717) is 19.4 Å². The fraction of sp³-hybridized carbons (Fsp3) is 0.857. The van der Waals surface area contributed by atoms with Crippen molar-refractivity contribution in [2.75, 3.05) is 19.6 Å². The molecule has 2 fully saturated rings. The van der Waals surface area contributed by atoms with E-state index in [0.717, 1.165) is 25.9 Å². The second kappa shape index (κ2) is 6.37. The molecule has 0 bridgehead atoms. The van der Waals surface area contributed by atoms with Gasteiger partial charge in [0.2, 0.25) is 0 Å². The van der Waals surface area contributed by atoms with Crippen LogP contribution in [0, 0.1) is 0 Å². The molecule has 0 aromatic carbocycles. The van der Waals surface area contributed by atoms with Crippen molar-refractivity contribution in [2.24, 2.45) is 0 Å². The lowest BCUT2D eigenvalue weighted by Crippen LogP contribution is -2.53. The van der Waals surface area contributed by atoms with Gasteiger partial charge in [0, 0.05) is 6.54 Å². The van der Waals surface area contributed by atoms with Gasteiger partial charge >= 0.3 is 6.03 Å². The Hall–Kier alpha value is -1.10. The van der Waals surface area contributed by atoms with Crippen LogP contribution in [0.1, 0.15) is 51.9 Å². The highest BCUT2D eigenvalue weighted by Crippen LogP contribution is 2.27. The van der Waals surface area contributed by atoms with Crippen molar-refractivity contribution in [3.8, 4) is 0 Å². The number of carbonyl (C=O) groups excluding carboxylic acids is 2. The number of nitrogens with zero attached hydrogens (tertiary/aromatic N) is 1. The Kier molecular flexibility index (Phi) is 4.80. The van der Waals surface area contributed by atoms with Gasteiger partial charge in [-0.3, -0.25) is 9.69 Å². The summed E-state index contributed by atoms with van der Waals surface area (Å²) >= 11 is 0. The Morgan fingerprint density at radius 2 is 1.79 bits per heavy atom. The van der Waals surface area contributed by atoms with Gasteiger partial charge in [-0.05, 0) is 32.4 Å². The molecular weight excluding hydrogens is 242 g/mol. The number of unbranched alkanes of at least 4 members (excludes halogenated alkanes) is 4. The maximum atomic E-state index is 12.4. The van der Waals surface area contributed by atoms with E-state index in [1.165, 1.54) is 24.2 Å². The summed E-state index contributed by atoms with van der Waals surface area (Å²) in [5.74, 6) is -0.00510. The fourth-order valence-electron chi connectivity index (χ4n) is 2.95. The minimum Gasteiger partial charge on any atom is -0.323 e. The lowest BCUT2D eigenvalue weighted by molar-refractivity contribution is -0.132. The molecule has 0 unspecified atom stereocenters. The largest absolute Gasteiger partial charge is 0.325 e. The first kappa shape index (κ1) is 14.3. The predicted octanol–water partition coefficient (Wildman–Crippen LogP) is 1.63. The van der Waals surface area contributed by atoms with Crippen LogP contribution >= 0.6 is 0 Å². The molecule has 2 aliphatic heterocycles. The molecule has 2 rings (SSSR count). The van der Waals surface area contributed by atoms with Crippen LogP contribution in [0.25, 0.3) is 0 Å². The van der Waals surface area contributed by atoms with Gasteiger partial charge in [-0.2, -0.15) is 0 Å². The van der Waals surface area contributed by atoms with Crippen LogP contribution in [0.5, 0.6) is 0 Å². The molecule has 5 nitrogen and oxygen atoms in total. The van der Waals surface area contributed by atoms with Crippen LogP contribution in [-0.4, -0.2) is 42.0 Å². The van der Waals surface area contributed by atoms with Crippen LogP contribution in [0.4, 0.5) is 4.79 Å². The minimum atomic E-state index is -0.605. The Labute approximate surface area is 115 Å². The molecule has 3 amide bonds. The molecule has 0 radical (unpaired) electrons. The molecular formula is C14H25N3O2. The maximum Gasteiger partial charge on any atom is 0.325 e. The zero-order chi connectivity index (χ0) is 13.7. The number of rotatable bonds is 6. The van der Waals surface area contributed by atoms with Crippen molar-refractivity contribution < 1.29 is 9.59 Å². The summed E-state index contributed by atoms with van der Waals surface area (Å²) < 4.78 is 0. The average molecular weight is 267 g/mol. The monoisotopic (exact) mass is 267 g/mol. The minimum absolute atomic E-state index is 0.00510. The van der Waals surface area contributed by atoms with Crippen molar-refractivity contribution in [2.45, 2.75) is 57.4 Å². The normalized spacial score (nSPS) is 22.1. The third kappa shape index (κ3) is 3.08. The molecule has 2 heterocycles. The zero-order valence-corrected chi connectivity index (χ0v) is 11.8. The lowest BCUT2D eigenvalue weighted by Gasteiger charge is -2.31. The van der Waals surface area contributed by atoms with Gasteiger partial charge in [0.1, 0.15) is 5.54 Å². The van der Waals surface area contributed by atoms with E-state index in [1.807, 2.05) is 0 Å². The van der Waals surface area contributed by atoms with Crippen molar-refractivity contribution in [3.63, 3.8) is 0 Å². The second-order valence-electron chi connectivity index (χ2n) is 5.63. The van der Waals surface area contributed by atoms with Gasteiger partial charge < -0.3 is 10.6 Å². The number of imide groups is 1. The van der Waals surface area contributed by atoms with Crippen LogP contribution in [0.15, 0.2) is 0 Å². The highest BCUT2D eigenvalue weighted by molar-refractivity contribution is 6.07. The standard InChI is InChI=1S/C14H25N3O2/c1-2-3-4-5-6-11-17-12(18)14(16-13(17)19)7-9-15-10-8-14/h15H,2-11H2,1H3,(H,16,19). The molecule has 2 aliphatic rings. The van der Waals surface area contributed by atoms with Gasteiger partial charge in [0.05, 0.1) is 0 Å². The second-order valence-corrected chi connectivity index (χ2v) is 5.63. The first-order valence-electron chi connectivity index (χ1n) is 7.54. The summed E-state index contributed by atoms with van der Waals surface area (Å²) in [5.41, 5.74) is -0.605. The topological polar surface area (TPSA) is 61.4 Å². The Morgan fingerprint density at radius 3 is 2.47 bits per heavy atom. The molecule has 0 saturated carbocycles. The number of amides is 3. The number of urea groups is 1. The van der Waals surface area contributed by atoms with E-state index in [2.05, 4.69) is 17.6 Å². The fourth-order valence-corrected chi connectivity index (χ4v) is 2.95. The molecule has 0 aliphatic carbocycles. The Morgan fingerprint density at radius 1 is 1.11 bits per heavy atom. The summed E-state index contributed by atoms with van der Waals surface area (Å²) in [6.45, 7) is 4.36. The molecule has 1 spiro atoms. The van der Waals surface area contributed by atoms with Crippen molar-refractivity contribution in [1.82, 2.24) is 15.5 Å². The SMILES string of the molecule is CCCCCCCN1C(=O)NC2(CCNCC2)C1=O. The van der Waals surface area contributed by atoms with Gasteiger partial charge in [-0.15, -0.1) is 0 Å². The van der Waals surface area contributed by atoms with Crippen LogP contribution in [0.2, 0.25) is 0 Å². The number of piperidine rings is 1. The third-order valence-electron chi connectivity index (χ3n) is 4.19. The van der Waals surface area contributed by atoms with E-state index in [1.54, 1.807) is 0 Å². The van der Waals surface area contributed by atoms with Crippen molar-refractivity contribution >= 4 is 11.9 Å². The third-order valence-corrected chi connectivity index (χ3v) is 4.19. The zero-order valence-electron chi connectivity index (χ0n) is 11.8. The molecule has 5 heteroatoms. The summed E-state index contributed by atoms with van der Waals surface area (Å²) in [4.78, 5) is 25.8. The first-order valence-corrected chi connectivity index (χ1v) is 7.54. The van der Waals surface area contributed by atoms with Crippen molar-refractivity contribution in [3.05, 3.63) is 0 Å². The molecule has 0 aromatic heterocycles. The number of carbonyl (C=O) groups is 2. The molecule has 0 aromatic rings. The number of hydrogen-bond donors (Lipinski definition) is 2. The molecule has 0 atom stereocenters. The van der Waals surface area contributed by atoms with Gasteiger partial charge in [0.15, 0.2) is 0 Å². The first-order chi connectivity index (χ1) is 9.19. The Bertz CT molecular complexity index is 338. The highest BCUT2D eigenvalue weighted by atomic mass is 16.2. The lowest BCUT2D eigenvalue weighted by atomic mass is 9.88. The van der Waals surface area contributed by atoms with E-state index >= 15 is 0 Å². The van der Waals surface area contributed by atoms with Gasteiger partial charge in [-0.1, -0.05) is 32.6 Å². The number of hydrogen-bond acceptors (Lipinski definition) is 3. The predicted molar refractivity (Wildman–Crippen MR) is 73.8 cm³/mol. The smallest absolute Gasteiger partial charge is 0.323 e. The summed E-state index contributed by atoms with van der Waals surface area (Å²) in [6, 6.07) is -0.192. The van der Waals surface area contributed by atoms with E-state index in [9.17, 15) is 9.59 Å². The van der Waals surface area contributed by atoms with E-state index in [4.69, 9.17) is 0 Å². The summed E-state index contributed by atoms with van der Waals surface area (Å²) in [5, 5.41) is 6.15. The molecule has 108 valence electrons. The average Bonchev–Trinajstić information content (AvgIpc) is 2.63. The summed E-state index contributed by atoms with van der Waals surface area (Å²) in [7, 11) is 0. The maximum absolute atomic E-state index is 12.4. The van der Waals surface area contributed by atoms with Crippen LogP contribution < -0.4 is 10.6 Å². The quantitative estimate of drug-likeness (QED) is 0.568. The molecule has 19 heavy (non-hydrogen) atoms. The molecule has 2 saturated heterocycles. The van der Waals surface area contributed by atoms with Gasteiger partial charge in [-0.25, -0.2) is 4.79 Å². The van der Waals surface area contributed by atoms with E-state index < -0.39 is 5.54 Å².